The van der Waals surface area contributed by atoms with Gasteiger partial charge >= 0.3 is 5.69 Å². The van der Waals surface area contributed by atoms with E-state index in [4.69, 9.17) is 11.6 Å². The van der Waals surface area contributed by atoms with Crippen molar-refractivity contribution < 1.29 is 14.8 Å². The Morgan fingerprint density at radius 2 is 2.00 bits per heavy atom. The normalized spacial score (nSPS) is 14.4. The molecule has 0 saturated carbocycles. The van der Waals surface area contributed by atoms with Crippen LogP contribution < -0.4 is 4.90 Å². The third-order valence-electron chi connectivity index (χ3n) is 3.87. The number of aliphatic imine (C=N–C) groups is 1. The Hall–Kier alpha value is -2.93. The molecule has 0 spiro atoms. The molecular formula is C17H14ClN3O4. The van der Waals surface area contributed by atoms with Gasteiger partial charge in [0, 0.05) is 41.5 Å². The monoisotopic (exact) mass is 359 g/mol. The summed E-state index contributed by atoms with van der Waals surface area (Å²) >= 11 is 5.84. The molecule has 25 heavy (non-hydrogen) atoms. The number of nitro groups is 1. The number of nitro benzene ring substituents is 1. The lowest BCUT2D eigenvalue weighted by Gasteiger charge is -2.15. The standard InChI is InChI=1S/C17H14ClN3O4/c18-12-8-11(17(23)15(9-12)21(24)25)10-19-13-3-5-14(6-4-13)20-7-1-2-16(20)22/h3-6,8-10,23H,1-2,7H2. The van der Waals surface area contributed by atoms with E-state index in [9.17, 15) is 20.0 Å². The lowest BCUT2D eigenvalue weighted by molar-refractivity contribution is -0.385. The van der Waals surface area contributed by atoms with Crippen LogP contribution in [0.2, 0.25) is 5.02 Å². The summed E-state index contributed by atoms with van der Waals surface area (Å²) < 4.78 is 0. The number of benzene rings is 2. The van der Waals surface area contributed by atoms with Gasteiger partial charge < -0.3 is 10.0 Å². The van der Waals surface area contributed by atoms with Gasteiger partial charge in [-0.2, -0.15) is 0 Å². The third kappa shape index (κ3) is 3.61. The molecule has 2 aromatic carbocycles. The minimum Gasteiger partial charge on any atom is -0.502 e. The van der Waals surface area contributed by atoms with Gasteiger partial charge in [-0.3, -0.25) is 19.9 Å². The summed E-state index contributed by atoms with van der Waals surface area (Å²) in [5, 5.41) is 21.0. The molecule has 0 atom stereocenters. The zero-order valence-electron chi connectivity index (χ0n) is 13.1. The molecule has 1 heterocycles. The van der Waals surface area contributed by atoms with Crippen LogP contribution in [-0.4, -0.2) is 28.7 Å². The van der Waals surface area contributed by atoms with Crippen LogP contribution in [0.4, 0.5) is 17.1 Å². The van der Waals surface area contributed by atoms with Crippen molar-refractivity contribution in [1.82, 2.24) is 0 Å². The van der Waals surface area contributed by atoms with Gasteiger partial charge in [-0.25, -0.2) is 0 Å². The Morgan fingerprint density at radius 1 is 1.28 bits per heavy atom. The van der Waals surface area contributed by atoms with Gasteiger partial charge in [-0.1, -0.05) is 11.6 Å². The third-order valence-corrected chi connectivity index (χ3v) is 4.09. The molecule has 1 aliphatic rings. The van der Waals surface area contributed by atoms with Gasteiger partial charge in [0.25, 0.3) is 0 Å². The van der Waals surface area contributed by atoms with Crippen LogP contribution in [0.25, 0.3) is 0 Å². The fourth-order valence-corrected chi connectivity index (χ4v) is 2.85. The first kappa shape index (κ1) is 16.9. The van der Waals surface area contributed by atoms with Crippen LogP contribution >= 0.6 is 11.6 Å². The van der Waals surface area contributed by atoms with Crippen LogP contribution in [0.3, 0.4) is 0 Å². The summed E-state index contributed by atoms with van der Waals surface area (Å²) in [6.45, 7) is 0.710. The Bertz CT molecular complexity index is 865. The number of anilines is 1. The number of aromatic hydroxyl groups is 1. The molecule has 8 heteroatoms. The molecule has 3 rings (SSSR count). The maximum atomic E-state index is 11.7. The molecule has 0 unspecified atom stereocenters. The summed E-state index contributed by atoms with van der Waals surface area (Å²) in [6, 6.07) is 9.51. The number of nitrogens with zero attached hydrogens (tertiary/aromatic N) is 3. The van der Waals surface area contributed by atoms with E-state index in [1.54, 1.807) is 29.2 Å². The lowest BCUT2D eigenvalue weighted by atomic mass is 10.2. The predicted molar refractivity (Wildman–Crippen MR) is 95.1 cm³/mol. The number of phenols is 1. The quantitative estimate of drug-likeness (QED) is 0.509. The van der Waals surface area contributed by atoms with Crippen molar-refractivity contribution >= 4 is 40.8 Å². The molecule has 0 aliphatic carbocycles. The van der Waals surface area contributed by atoms with E-state index in [-0.39, 0.29) is 16.5 Å². The number of halogens is 1. The average Bonchev–Trinajstić information content (AvgIpc) is 3.01. The highest BCUT2D eigenvalue weighted by molar-refractivity contribution is 6.31. The maximum absolute atomic E-state index is 11.7. The topological polar surface area (TPSA) is 96.0 Å². The van der Waals surface area contributed by atoms with Crippen LogP contribution in [-0.2, 0) is 4.79 Å². The number of amides is 1. The fourth-order valence-electron chi connectivity index (χ4n) is 2.63. The highest BCUT2D eigenvalue weighted by Crippen LogP contribution is 2.32. The summed E-state index contributed by atoms with van der Waals surface area (Å²) in [4.78, 5) is 27.8. The molecule has 1 saturated heterocycles. The van der Waals surface area contributed by atoms with Gasteiger partial charge in [0.15, 0.2) is 0 Å². The molecule has 0 aromatic heterocycles. The van der Waals surface area contributed by atoms with Crippen LogP contribution in [0.5, 0.6) is 5.75 Å². The van der Waals surface area contributed by atoms with Gasteiger partial charge in [0.05, 0.1) is 10.6 Å². The molecule has 1 fully saturated rings. The fraction of sp³-hybridized carbons (Fsp3) is 0.176. The molecular weight excluding hydrogens is 346 g/mol. The number of carbonyl (C=O) groups excluding carboxylic acids is 1. The maximum Gasteiger partial charge on any atom is 0.312 e. The minimum atomic E-state index is -0.708. The molecule has 1 amide bonds. The van der Waals surface area contributed by atoms with Gasteiger partial charge in [-0.15, -0.1) is 0 Å². The summed E-state index contributed by atoms with van der Waals surface area (Å²) in [5.74, 6) is -0.384. The highest BCUT2D eigenvalue weighted by Gasteiger charge is 2.21. The number of hydrogen-bond donors (Lipinski definition) is 1. The van der Waals surface area contributed by atoms with E-state index in [0.29, 0.717) is 18.7 Å². The molecule has 0 radical (unpaired) electrons. The Labute approximate surface area is 148 Å². The van der Waals surface area contributed by atoms with Crippen molar-refractivity contribution in [1.29, 1.82) is 0 Å². The first-order chi connectivity index (χ1) is 12.0. The average molecular weight is 360 g/mol. The summed E-state index contributed by atoms with van der Waals surface area (Å²) in [7, 11) is 0. The van der Waals surface area contributed by atoms with Crippen molar-refractivity contribution in [3.8, 4) is 5.75 Å². The van der Waals surface area contributed by atoms with Gasteiger partial charge in [0.2, 0.25) is 11.7 Å². The van der Waals surface area contributed by atoms with Crippen molar-refractivity contribution in [3.63, 3.8) is 0 Å². The second-order valence-electron chi connectivity index (χ2n) is 5.54. The molecule has 1 N–H and O–H groups in total. The highest BCUT2D eigenvalue weighted by atomic mass is 35.5. The van der Waals surface area contributed by atoms with E-state index in [0.717, 1.165) is 18.2 Å². The first-order valence-electron chi connectivity index (χ1n) is 7.57. The van der Waals surface area contributed by atoms with Crippen molar-refractivity contribution in [2.24, 2.45) is 4.99 Å². The Kier molecular flexibility index (Phi) is 4.67. The minimum absolute atomic E-state index is 0.104. The SMILES string of the molecule is O=C1CCCN1c1ccc(N=Cc2cc(Cl)cc([N+](=O)[O-])c2O)cc1. The first-order valence-corrected chi connectivity index (χ1v) is 7.95. The smallest absolute Gasteiger partial charge is 0.312 e. The molecule has 2 aromatic rings. The van der Waals surface area contributed by atoms with Crippen LogP contribution in [0.1, 0.15) is 18.4 Å². The predicted octanol–water partition coefficient (Wildman–Crippen LogP) is 3.83. The number of hydrogen-bond acceptors (Lipinski definition) is 5. The second kappa shape index (κ2) is 6.90. The van der Waals surface area contributed by atoms with Gasteiger partial charge in [0.1, 0.15) is 0 Å². The largest absolute Gasteiger partial charge is 0.502 e. The molecule has 1 aliphatic heterocycles. The van der Waals surface area contributed by atoms with E-state index in [1.807, 2.05) is 0 Å². The van der Waals surface area contributed by atoms with E-state index >= 15 is 0 Å². The van der Waals surface area contributed by atoms with Crippen molar-refractivity contribution in [3.05, 3.63) is 57.1 Å². The molecule has 0 bridgehead atoms. The number of phenolic OH excluding ortho intramolecular Hbond substituents is 1. The Balaban J connectivity index is 1.83. The van der Waals surface area contributed by atoms with Crippen molar-refractivity contribution in [2.75, 3.05) is 11.4 Å². The molecule has 128 valence electrons. The number of carbonyl (C=O) groups is 1. The second-order valence-corrected chi connectivity index (χ2v) is 5.98. The zero-order valence-corrected chi connectivity index (χ0v) is 13.8. The van der Waals surface area contributed by atoms with Gasteiger partial charge in [-0.05, 0) is 36.8 Å². The van der Waals surface area contributed by atoms with Crippen molar-refractivity contribution in [2.45, 2.75) is 12.8 Å². The van der Waals surface area contributed by atoms with E-state index in [1.165, 1.54) is 12.3 Å². The summed E-state index contributed by atoms with van der Waals surface area (Å²) in [5.41, 5.74) is 1.06. The zero-order chi connectivity index (χ0) is 18.0. The summed E-state index contributed by atoms with van der Waals surface area (Å²) in [6.07, 6.45) is 2.72. The van der Waals surface area contributed by atoms with E-state index in [2.05, 4.69) is 4.99 Å². The van der Waals surface area contributed by atoms with Crippen LogP contribution in [0.15, 0.2) is 41.4 Å². The van der Waals surface area contributed by atoms with E-state index < -0.39 is 16.4 Å². The lowest BCUT2D eigenvalue weighted by Crippen LogP contribution is -2.23. The molecule has 7 nitrogen and oxygen atoms in total. The number of rotatable bonds is 4. The van der Waals surface area contributed by atoms with Crippen LogP contribution in [0, 0.1) is 10.1 Å². The Morgan fingerprint density at radius 3 is 2.60 bits per heavy atom.